The van der Waals surface area contributed by atoms with E-state index in [1.807, 2.05) is 31.2 Å². The number of nitrogens with two attached hydrogens (primary N) is 1. The standard InChI is InChI=1S/C13H20FNO2/c1-10(15)8-11-4-6-12(7-5-11)9-13(14,16-2)17-3/h4-7,10H,8-9,15H2,1-3H3/t10-/m1/s1. The van der Waals surface area contributed by atoms with E-state index in [-0.39, 0.29) is 12.5 Å². The molecule has 0 unspecified atom stereocenters. The van der Waals surface area contributed by atoms with Crippen molar-refractivity contribution < 1.29 is 13.9 Å². The summed E-state index contributed by atoms with van der Waals surface area (Å²) in [6.07, 6.45) is 0.883. The Morgan fingerprint density at radius 1 is 1.18 bits per heavy atom. The predicted molar refractivity (Wildman–Crippen MR) is 65.4 cm³/mol. The monoisotopic (exact) mass is 241 g/mol. The molecule has 1 rings (SSSR count). The predicted octanol–water partition coefficient (Wildman–Crippen LogP) is 2.03. The second-order valence-corrected chi connectivity index (χ2v) is 4.24. The lowest BCUT2D eigenvalue weighted by Crippen LogP contribution is -2.30. The Hall–Kier alpha value is -0.970. The summed E-state index contributed by atoms with van der Waals surface area (Å²) in [6, 6.07) is 5.70. The Bertz CT molecular complexity index is 334. The largest absolute Gasteiger partial charge is 0.328 e. The molecule has 1 aromatic carbocycles. The number of rotatable bonds is 6. The quantitative estimate of drug-likeness (QED) is 0.775. The van der Waals surface area contributed by atoms with E-state index in [4.69, 9.17) is 5.73 Å². The fraction of sp³-hybridized carbons (Fsp3) is 0.538. The Kier molecular flexibility index (Phi) is 5.05. The van der Waals surface area contributed by atoms with Crippen LogP contribution in [0.25, 0.3) is 0 Å². The van der Waals surface area contributed by atoms with Gasteiger partial charge in [-0.3, -0.25) is 0 Å². The first-order valence-electron chi connectivity index (χ1n) is 5.61. The molecule has 0 fully saturated rings. The van der Waals surface area contributed by atoms with Gasteiger partial charge in [-0.15, -0.1) is 0 Å². The number of ether oxygens (including phenoxy) is 2. The van der Waals surface area contributed by atoms with E-state index in [9.17, 15) is 4.39 Å². The van der Waals surface area contributed by atoms with Gasteiger partial charge >= 0.3 is 6.04 Å². The summed E-state index contributed by atoms with van der Waals surface area (Å²) in [5.74, 6) is 0. The van der Waals surface area contributed by atoms with Crippen LogP contribution in [-0.2, 0) is 22.3 Å². The minimum atomic E-state index is -2.05. The average molecular weight is 241 g/mol. The summed E-state index contributed by atoms with van der Waals surface area (Å²) < 4.78 is 23.1. The van der Waals surface area contributed by atoms with Gasteiger partial charge in [-0.1, -0.05) is 24.3 Å². The number of benzene rings is 1. The van der Waals surface area contributed by atoms with Crippen LogP contribution in [0.2, 0.25) is 0 Å². The highest BCUT2D eigenvalue weighted by Gasteiger charge is 2.29. The number of halogens is 1. The van der Waals surface area contributed by atoms with Crippen molar-refractivity contribution in [1.82, 2.24) is 0 Å². The first-order chi connectivity index (χ1) is 7.99. The molecular formula is C13H20FNO2. The molecule has 0 saturated heterocycles. The van der Waals surface area contributed by atoms with Crippen molar-refractivity contribution in [3.8, 4) is 0 Å². The summed E-state index contributed by atoms with van der Waals surface area (Å²) in [5, 5.41) is 0. The van der Waals surface area contributed by atoms with Crippen LogP contribution >= 0.6 is 0 Å². The molecule has 0 aliphatic rings. The summed E-state index contributed by atoms with van der Waals surface area (Å²) in [4.78, 5) is 0. The van der Waals surface area contributed by atoms with Crippen molar-refractivity contribution in [3.63, 3.8) is 0 Å². The highest BCUT2D eigenvalue weighted by molar-refractivity contribution is 5.23. The lowest BCUT2D eigenvalue weighted by atomic mass is 10.0. The zero-order valence-electron chi connectivity index (χ0n) is 10.6. The van der Waals surface area contributed by atoms with Crippen LogP contribution in [0.3, 0.4) is 0 Å². The van der Waals surface area contributed by atoms with Crippen molar-refractivity contribution >= 4 is 0 Å². The van der Waals surface area contributed by atoms with E-state index in [0.29, 0.717) is 0 Å². The molecule has 0 radical (unpaired) electrons. The van der Waals surface area contributed by atoms with Crippen LogP contribution in [0.4, 0.5) is 4.39 Å². The lowest BCUT2D eigenvalue weighted by molar-refractivity contribution is -0.291. The van der Waals surface area contributed by atoms with E-state index >= 15 is 0 Å². The number of hydrogen-bond acceptors (Lipinski definition) is 3. The van der Waals surface area contributed by atoms with Crippen LogP contribution in [0.15, 0.2) is 24.3 Å². The van der Waals surface area contributed by atoms with E-state index in [1.165, 1.54) is 14.2 Å². The molecule has 0 aromatic heterocycles. The third-order valence-corrected chi connectivity index (χ3v) is 2.61. The normalized spacial score (nSPS) is 13.7. The van der Waals surface area contributed by atoms with E-state index in [2.05, 4.69) is 9.47 Å². The molecule has 96 valence electrons. The fourth-order valence-electron chi connectivity index (χ4n) is 1.64. The fourth-order valence-corrected chi connectivity index (χ4v) is 1.64. The molecule has 3 nitrogen and oxygen atoms in total. The van der Waals surface area contributed by atoms with Gasteiger partial charge in [0.2, 0.25) is 0 Å². The zero-order valence-corrected chi connectivity index (χ0v) is 10.6. The third kappa shape index (κ3) is 4.42. The van der Waals surface area contributed by atoms with Gasteiger partial charge in [0, 0.05) is 20.3 Å². The third-order valence-electron chi connectivity index (χ3n) is 2.61. The van der Waals surface area contributed by atoms with Gasteiger partial charge in [-0.2, -0.15) is 4.39 Å². The molecule has 0 aliphatic heterocycles. The maximum atomic E-state index is 13.8. The van der Waals surface area contributed by atoms with E-state index < -0.39 is 6.04 Å². The Balaban J connectivity index is 2.68. The summed E-state index contributed by atoms with van der Waals surface area (Å²) in [7, 11) is 2.57. The minimum absolute atomic E-state index is 0.0679. The Morgan fingerprint density at radius 3 is 2.06 bits per heavy atom. The number of alkyl halides is 1. The van der Waals surface area contributed by atoms with Gasteiger partial charge in [-0.25, -0.2) is 0 Å². The van der Waals surface area contributed by atoms with Crippen molar-refractivity contribution in [1.29, 1.82) is 0 Å². The van der Waals surface area contributed by atoms with Gasteiger partial charge < -0.3 is 15.2 Å². The molecule has 0 spiro atoms. The van der Waals surface area contributed by atoms with Gasteiger partial charge in [0.05, 0.1) is 6.42 Å². The maximum absolute atomic E-state index is 13.8. The first kappa shape index (κ1) is 14.1. The van der Waals surface area contributed by atoms with E-state index in [1.54, 1.807) is 0 Å². The SMILES string of the molecule is COC(F)(Cc1ccc(C[C@@H](C)N)cc1)OC. The van der Waals surface area contributed by atoms with Crippen molar-refractivity contribution in [2.45, 2.75) is 31.8 Å². The molecule has 0 amide bonds. The molecule has 1 aromatic rings. The smallest absolute Gasteiger partial charge is 0.323 e. The number of hydrogen-bond donors (Lipinski definition) is 1. The topological polar surface area (TPSA) is 44.5 Å². The van der Waals surface area contributed by atoms with Gasteiger partial charge in [0.1, 0.15) is 0 Å². The number of methoxy groups -OCH3 is 2. The highest BCUT2D eigenvalue weighted by Crippen LogP contribution is 2.20. The summed E-state index contributed by atoms with van der Waals surface area (Å²) >= 11 is 0. The molecular weight excluding hydrogens is 221 g/mol. The van der Waals surface area contributed by atoms with Crippen molar-refractivity contribution in [3.05, 3.63) is 35.4 Å². The average Bonchev–Trinajstić information content (AvgIpc) is 2.31. The lowest BCUT2D eigenvalue weighted by Gasteiger charge is -2.21. The molecule has 0 heterocycles. The molecule has 0 saturated carbocycles. The molecule has 2 N–H and O–H groups in total. The van der Waals surface area contributed by atoms with Gasteiger partial charge in [-0.05, 0) is 24.5 Å². The highest BCUT2D eigenvalue weighted by atomic mass is 19.2. The molecule has 17 heavy (non-hydrogen) atoms. The molecule has 0 bridgehead atoms. The second kappa shape index (κ2) is 6.10. The van der Waals surface area contributed by atoms with Crippen LogP contribution in [0.1, 0.15) is 18.1 Å². The summed E-state index contributed by atoms with van der Waals surface area (Å²) in [6.45, 7) is 1.95. The van der Waals surface area contributed by atoms with Gasteiger partial charge in [0.15, 0.2) is 0 Å². The maximum Gasteiger partial charge on any atom is 0.323 e. The van der Waals surface area contributed by atoms with Crippen LogP contribution in [0.5, 0.6) is 0 Å². The van der Waals surface area contributed by atoms with Crippen LogP contribution in [0, 0.1) is 0 Å². The second-order valence-electron chi connectivity index (χ2n) is 4.24. The van der Waals surface area contributed by atoms with Gasteiger partial charge in [0.25, 0.3) is 0 Å². The Morgan fingerprint density at radius 2 is 1.65 bits per heavy atom. The van der Waals surface area contributed by atoms with Crippen LogP contribution < -0.4 is 5.73 Å². The molecule has 0 aliphatic carbocycles. The molecule has 4 heteroatoms. The van der Waals surface area contributed by atoms with Crippen molar-refractivity contribution in [2.24, 2.45) is 5.73 Å². The van der Waals surface area contributed by atoms with E-state index in [0.717, 1.165) is 17.5 Å². The first-order valence-corrected chi connectivity index (χ1v) is 5.61. The summed E-state index contributed by atoms with van der Waals surface area (Å²) in [5.41, 5.74) is 7.67. The minimum Gasteiger partial charge on any atom is -0.328 e. The zero-order chi connectivity index (χ0) is 12.9. The van der Waals surface area contributed by atoms with Crippen LogP contribution in [-0.4, -0.2) is 26.3 Å². The Labute approximate surface area is 102 Å². The van der Waals surface area contributed by atoms with Crippen molar-refractivity contribution in [2.75, 3.05) is 14.2 Å². The molecule has 1 atom stereocenters.